The van der Waals surface area contributed by atoms with Crippen LogP contribution in [0.5, 0.6) is 17.2 Å². The summed E-state index contributed by atoms with van der Waals surface area (Å²) < 4.78 is 67.0. The normalized spacial score (nSPS) is 14.9. The summed E-state index contributed by atoms with van der Waals surface area (Å²) in [5.74, 6) is -0.289. The van der Waals surface area contributed by atoms with Crippen molar-refractivity contribution < 1.29 is 36.2 Å². The van der Waals surface area contributed by atoms with Crippen LogP contribution in [0.4, 0.5) is 14.5 Å². The van der Waals surface area contributed by atoms with Crippen molar-refractivity contribution in [2.24, 2.45) is 0 Å². The van der Waals surface area contributed by atoms with Crippen molar-refractivity contribution in [3.63, 3.8) is 0 Å². The second-order valence-electron chi connectivity index (χ2n) is 7.44. The number of hydrogen-bond donors (Lipinski definition) is 1. The lowest BCUT2D eigenvalue weighted by molar-refractivity contribution is -0.111. The first kappa shape index (κ1) is 25.4. The van der Waals surface area contributed by atoms with Crippen LogP contribution in [0.2, 0.25) is 0 Å². The predicted molar refractivity (Wildman–Crippen MR) is 123 cm³/mol. The molecule has 0 bridgehead atoms. The minimum atomic E-state index is -3.69. The summed E-state index contributed by atoms with van der Waals surface area (Å²) in [6.45, 7) is -2.07. The number of anilines is 1. The van der Waals surface area contributed by atoms with Crippen LogP contribution >= 0.6 is 0 Å². The van der Waals surface area contributed by atoms with E-state index in [1.54, 1.807) is 0 Å². The molecule has 0 spiro atoms. The second kappa shape index (κ2) is 11.3. The average molecular weight is 497 g/mol. The minimum Gasteiger partial charge on any atom is -0.495 e. The van der Waals surface area contributed by atoms with E-state index in [-0.39, 0.29) is 22.1 Å². The number of sulfonamides is 1. The molecule has 0 atom stereocenters. The molecule has 0 aromatic heterocycles. The third-order valence-corrected chi connectivity index (χ3v) is 7.11. The minimum absolute atomic E-state index is 0.0637. The molecular formula is C23H26F2N2O6S. The molecule has 0 unspecified atom stereocenters. The van der Waals surface area contributed by atoms with Crippen molar-refractivity contribution in [3.05, 3.63) is 48.0 Å². The standard InChI is InChI=1S/C23H26F2N2O6S/c1-31-19-10-8-17(34(29,30)27-12-4-3-5-13-27)15-18(19)26-22(28)11-7-16-6-9-20(33-23(24)25)21(14-16)32-2/h6-11,14-15,23H,3-5,12-13H2,1-2H3,(H,26,28). The van der Waals surface area contributed by atoms with Gasteiger partial charge in [-0.05, 0) is 54.8 Å². The Labute approximate surface area is 197 Å². The van der Waals surface area contributed by atoms with Gasteiger partial charge in [0, 0.05) is 19.2 Å². The Morgan fingerprint density at radius 1 is 1.00 bits per heavy atom. The largest absolute Gasteiger partial charge is 0.495 e. The van der Waals surface area contributed by atoms with Crippen LogP contribution in [0.3, 0.4) is 0 Å². The number of nitrogens with one attached hydrogen (secondary N) is 1. The fourth-order valence-electron chi connectivity index (χ4n) is 3.53. The van der Waals surface area contributed by atoms with Crippen molar-refractivity contribution >= 4 is 27.7 Å². The first-order valence-corrected chi connectivity index (χ1v) is 12.0. The maximum Gasteiger partial charge on any atom is 0.387 e. The molecule has 1 saturated heterocycles. The molecule has 3 rings (SSSR count). The smallest absolute Gasteiger partial charge is 0.387 e. The maximum absolute atomic E-state index is 13.0. The number of nitrogens with zero attached hydrogens (tertiary/aromatic N) is 1. The molecule has 1 heterocycles. The number of piperidine rings is 1. The van der Waals surface area contributed by atoms with Gasteiger partial charge in [-0.15, -0.1) is 0 Å². The molecule has 1 amide bonds. The number of methoxy groups -OCH3 is 2. The van der Waals surface area contributed by atoms with E-state index >= 15 is 0 Å². The molecule has 0 aliphatic carbocycles. The van der Waals surface area contributed by atoms with Crippen molar-refractivity contribution in [2.75, 3.05) is 32.6 Å². The number of carbonyl (C=O) groups excluding carboxylic acids is 1. The predicted octanol–water partition coefficient (Wildman–Crippen LogP) is 4.13. The number of ether oxygens (including phenoxy) is 3. The molecule has 1 aliphatic heterocycles. The number of rotatable bonds is 9. The van der Waals surface area contributed by atoms with E-state index in [1.807, 2.05) is 0 Å². The molecule has 0 radical (unpaired) electrons. The lowest BCUT2D eigenvalue weighted by Crippen LogP contribution is -2.35. The Morgan fingerprint density at radius 2 is 1.68 bits per heavy atom. The van der Waals surface area contributed by atoms with Crippen LogP contribution in [0.1, 0.15) is 24.8 Å². The van der Waals surface area contributed by atoms with Gasteiger partial charge in [0.05, 0.1) is 24.8 Å². The zero-order valence-corrected chi connectivity index (χ0v) is 19.6. The highest BCUT2D eigenvalue weighted by molar-refractivity contribution is 7.89. The van der Waals surface area contributed by atoms with Gasteiger partial charge in [-0.3, -0.25) is 4.79 Å². The summed E-state index contributed by atoms with van der Waals surface area (Å²) >= 11 is 0. The SMILES string of the molecule is COc1ccc(S(=O)(=O)N2CCCCC2)cc1NC(=O)C=Cc1ccc(OC(F)F)c(OC)c1. The fraction of sp³-hybridized carbons (Fsp3) is 0.348. The van der Waals surface area contributed by atoms with Gasteiger partial charge in [0.15, 0.2) is 11.5 Å². The van der Waals surface area contributed by atoms with Crippen molar-refractivity contribution in [1.82, 2.24) is 4.31 Å². The highest BCUT2D eigenvalue weighted by atomic mass is 32.2. The first-order chi connectivity index (χ1) is 16.2. The highest BCUT2D eigenvalue weighted by Gasteiger charge is 2.27. The quantitative estimate of drug-likeness (QED) is 0.525. The van der Waals surface area contributed by atoms with E-state index in [1.165, 1.54) is 67.1 Å². The van der Waals surface area contributed by atoms with Crippen LogP contribution in [-0.2, 0) is 14.8 Å². The van der Waals surface area contributed by atoms with E-state index < -0.39 is 22.5 Å². The van der Waals surface area contributed by atoms with Gasteiger partial charge >= 0.3 is 6.61 Å². The van der Waals surface area contributed by atoms with Crippen LogP contribution < -0.4 is 19.5 Å². The Balaban J connectivity index is 1.77. The monoisotopic (exact) mass is 496 g/mol. The van der Waals surface area contributed by atoms with Crippen LogP contribution in [-0.4, -0.2) is 52.6 Å². The average Bonchev–Trinajstić information content (AvgIpc) is 2.83. The van der Waals surface area contributed by atoms with Gasteiger partial charge in [-0.1, -0.05) is 12.5 Å². The zero-order chi connectivity index (χ0) is 24.7. The topological polar surface area (TPSA) is 94.2 Å². The summed E-state index contributed by atoms with van der Waals surface area (Å²) in [5.41, 5.74) is 0.704. The second-order valence-corrected chi connectivity index (χ2v) is 9.38. The molecule has 1 fully saturated rings. The molecule has 34 heavy (non-hydrogen) atoms. The van der Waals surface area contributed by atoms with Gasteiger partial charge in [0.1, 0.15) is 5.75 Å². The van der Waals surface area contributed by atoms with E-state index in [9.17, 15) is 22.0 Å². The van der Waals surface area contributed by atoms with Crippen LogP contribution in [0, 0.1) is 0 Å². The zero-order valence-electron chi connectivity index (χ0n) is 18.8. The maximum atomic E-state index is 13.0. The fourth-order valence-corrected chi connectivity index (χ4v) is 5.07. The van der Waals surface area contributed by atoms with Crippen molar-refractivity contribution in [2.45, 2.75) is 30.8 Å². The van der Waals surface area contributed by atoms with Gasteiger partial charge in [0.25, 0.3) is 0 Å². The first-order valence-electron chi connectivity index (χ1n) is 10.5. The number of halogens is 2. The van der Waals surface area contributed by atoms with Crippen molar-refractivity contribution in [1.29, 1.82) is 0 Å². The van der Waals surface area contributed by atoms with Crippen LogP contribution in [0.25, 0.3) is 6.08 Å². The third kappa shape index (κ3) is 6.23. The number of hydrogen-bond acceptors (Lipinski definition) is 6. The Bertz CT molecular complexity index is 1150. The van der Waals surface area contributed by atoms with Gasteiger partial charge < -0.3 is 19.5 Å². The Hall–Kier alpha value is -3.18. The lowest BCUT2D eigenvalue weighted by atomic mass is 10.2. The molecule has 8 nitrogen and oxygen atoms in total. The lowest BCUT2D eigenvalue weighted by Gasteiger charge is -2.26. The summed E-state index contributed by atoms with van der Waals surface area (Å²) in [5, 5.41) is 2.62. The summed E-state index contributed by atoms with van der Waals surface area (Å²) in [7, 11) is -0.970. The molecule has 2 aromatic carbocycles. The van der Waals surface area contributed by atoms with E-state index in [0.29, 0.717) is 24.4 Å². The van der Waals surface area contributed by atoms with Gasteiger partial charge in [0.2, 0.25) is 15.9 Å². The molecule has 0 saturated carbocycles. The van der Waals surface area contributed by atoms with Crippen LogP contribution in [0.15, 0.2) is 47.4 Å². The highest BCUT2D eigenvalue weighted by Crippen LogP contribution is 2.31. The molecule has 1 aliphatic rings. The van der Waals surface area contributed by atoms with E-state index in [4.69, 9.17) is 9.47 Å². The molecular weight excluding hydrogens is 470 g/mol. The molecule has 11 heteroatoms. The molecule has 1 N–H and O–H groups in total. The number of benzene rings is 2. The molecule has 2 aromatic rings. The van der Waals surface area contributed by atoms with E-state index in [2.05, 4.69) is 10.1 Å². The molecule has 184 valence electrons. The van der Waals surface area contributed by atoms with E-state index in [0.717, 1.165) is 19.3 Å². The van der Waals surface area contributed by atoms with Gasteiger partial charge in [-0.2, -0.15) is 13.1 Å². The number of carbonyl (C=O) groups is 1. The Morgan fingerprint density at radius 3 is 2.32 bits per heavy atom. The number of alkyl halides is 2. The summed E-state index contributed by atoms with van der Waals surface area (Å²) in [6, 6.07) is 8.53. The summed E-state index contributed by atoms with van der Waals surface area (Å²) in [6.07, 6.45) is 5.28. The third-order valence-electron chi connectivity index (χ3n) is 5.21. The van der Waals surface area contributed by atoms with Crippen molar-refractivity contribution in [3.8, 4) is 17.2 Å². The van der Waals surface area contributed by atoms with Gasteiger partial charge in [-0.25, -0.2) is 8.42 Å². The summed E-state index contributed by atoms with van der Waals surface area (Å²) in [4.78, 5) is 12.6. The Kier molecular flexibility index (Phi) is 8.46. The number of amides is 1.